The summed E-state index contributed by atoms with van der Waals surface area (Å²) in [6.45, 7) is 6.51. The lowest BCUT2D eigenvalue weighted by Crippen LogP contribution is -2.11. The van der Waals surface area contributed by atoms with Gasteiger partial charge in [0.2, 0.25) is 0 Å². The Bertz CT molecular complexity index is 461. The Balaban J connectivity index is 2.24. The van der Waals surface area contributed by atoms with E-state index < -0.39 is 6.10 Å². The Morgan fingerprint density at radius 3 is 2.18 bits per heavy atom. The molecule has 0 saturated carbocycles. The summed E-state index contributed by atoms with van der Waals surface area (Å²) in [5.74, 6) is 0.577. The highest BCUT2D eigenvalue weighted by molar-refractivity contribution is 5.31. The van der Waals surface area contributed by atoms with Crippen molar-refractivity contribution >= 4 is 0 Å². The Morgan fingerprint density at radius 2 is 1.71 bits per heavy atom. The molecule has 0 unspecified atom stereocenters. The molecule has 1 atom stereocenters. The first-order chi connectivity index (χ1) is 7.98. The first-order valence-corrected chi connectivity index (χ1v) is 5.80. The fraction of sp³-hybridized carbons (Fsp3) is 0.333. The molecule has 0 spiro atoms. The van der Waals surface area contributed by atoms with E-state index in [0.717, 1.165) is 5.56 Å². The molecule has 0 bridgehead atoms. The summed E-state index contributed by atoms with van der Waals surface area (Å²) in [6.07, 6.45) is 0.890. The molecular weight excluding hydrogens is 212 g/mol. The van der Waals surface area contributed by atoms with Gasteiger partial charge in [0.1, 0.15) is 11.9 Å². The van der Waals surface area contributed by atoms with Crippen molar-refractivity contribution < 1.29 is 9.52 Å². The van der Waals surface area contributed by atoms with E-state index in [4.69, 9.17) is 4.42 Å². The van der Waals surface area contributed by atoms with Crippen molar-refractivity contribution in [2.45, 2.75) is 32.3 Å². The molecule has 2 aromatic rings. The number of hydrogen-bond acceptors (Lipinski definition) is 2. The summed E-state index contributed by atoms with van der Waals surface area (Å²) >= 11 is 0. The Hall–Kier alpha value is -1.54. The second kappa shape index (κ2) is 4.38. The zero-order valence-electron chi connectivity index (χ0n) is 10.5. The van der Waals surface area contributed by atoms with Gasteiger partial charge in [-0.3, -0.25) is 0 Å². The Kier molecular flexibility index (Phi) is 3.07. The second-order valence-corrected chi connectivity index (χ2v) is 5.29. The van der Waals surface area contributed by atoms with Gasteiger partial charge < -0.3 is 9.52 Å². The van der Waals surface area contributed by atoms with Crippen LogP contribution >= 0.6 is 0 Å². The van der Waals surface area contributed by atoms with Crippen molar-refractivity contribution in [2.24, 2.45) is 0 Å². The fourth-order valence-electron chi connectivity index (χ4n) is 1.78. The largest absolute Gasteiger partial charge is 0.466 e. The normalized spacial score (nSPS) is 13.6. The molecular formula is C15H18O2. The number of benzene rings is 1. The van der Waals surface area contributed by atoms with E-state index in [1.807, 2.05) is 12.1 Å². The minimum Gasteiger partial charge on any atom is -0.466 e. The summed E-state index contributed by atoms with van der Waals surface area (Å²) in [5, 5.41) is 10.1. The van der Waals surface area contributed by atoms with Crippen LogP contribution in [0.1, 0.15) is 43.8 Å². The Labute approximate surface area is 102 Å². The van der Waals surface area contributed by atoms with Crippen LogP contribution in [0.3, 0.4) is 0 Å². The van der Waals surface area contributed by atoms with Crippen molar-refractivity contribution in [2.75, 3.05) is 0 Å². The average Bonchev–Trinajstić information content (AvgIpc) is 2.80. The summed E-state index contributed by atoms with van der Waals surface area (Å²) in [4.78, 5) is 0. The molecule has 0 aliphatic heterocycles. The molecule has 0 radical (unpaired) electrons. The van der Waals surface area contributed by atoms with E-state index in [2.05, 4.69) is 32.9 Å². The minimum atomic E-state index is -0.681. The molecule has 17 heavy (non-hydrogen) atoms. The molecule has 0 saturated heterocycles. The molecule has 0 aliphatic rings. The van der Waals surface area contributed by atoms with Crippen LogP contribution in [-0.4, -0.2) is 5.11 Å². The van der Waals surface area contributed by atoms with Gasteiger partial charge in [0, 0.05) is 0 Å². The average molecular weight is 230 g/mol. The van der Waals surface area contributed by atoms with Crippen LogP contribution in [-0.2, 0) is 5.41 Å². The maximum Gasteiger partial charge on any atom is 0.137 e. The van der Waals surface area contributed by atoms with Gasteiger partial charge in [-0.15, -0.1) is 0 Å². The van der Waals surface area contributed by atoms with Crippen LogP contribution < -0.4 is 0 Å². The molecule has 0 fully saturated rings. The van der Waals surface area contributed by atoms with E-state index in [1.54, 1.807) is 18.4 Å². The number of aliphatic hydroxyl groups is 1. The van der Waals surface area contributed by atoms with Gasteiger partial charge in [0.15, 0.2) is 0 Å². The van der Waals surface area contributed by atoms with Crippen LogP contribution in [0, 0.1) is 0 Å². The van der Waals surface area contributed by atoms with Crippen molar-refractivity contribution in [1.82, 2.24) is 0 Å². The molecule has 1 heterocycles. The fourth-order valence-corrected chi connectivity index (χ4v) is 1.78. The standard InChI is InChI=1S/C15H18O2/c1-15(2,3)12-8-6-11(7-9-12)14(16)13-5-4-10-17-13/h4-10,14,16H,1-3H3/t14-/m1/s1. The predicted octanol–water partition coefficient (Wildman–Crippen LogP) is 3.66. The van der Waals surface area contributed by atoms with Gasteiger partial charge >= 0.3 is 0 Å². The third-order valence-corrected chi connectivity index (χ3v) is 2.91. The lowest BCUT2D eigenvalue weighted by atomic mass is 9.86. The maximum atomic E-state index is 10.1. The zero-order chi connectivity index (χ0) is 12.5. The highest BCUT2D eigenvalue weighted by atomic mass is 16.4. The van der Waals surface area contributed by atoms with Crippen molar-refractivity contribution in [3.05, 3.63) is 59.5 Å². The Morgan fingerprint density at radius 1 is 1.06 bits per heavy atom. The van der Waals surface area contributed by atoms with Gasteiger partial charge in [-0.2, -0.15) is 0 Å². The summed E-state index contributed by atoms with van der Waals surface area (Å²) in [6, 6.07) is 11.6. The van der Waals surface area contributed by atoms with E-state index in [1.165, 1.54) is 5.56 Å². The van der Waals surface area contributed by atoms with Gasteiger partial charge in [-0.05, 0) is 28.7 Å². The van der Waals surface area contributed by atoms with Gasteiger partial charge in [-0.1, -0.05) is 45.0 Å². The molecule has 1 N–H and O–H groups in total. The van der Waals surface area contributed by atoms with Crippen molar-refractivity contribution in [3.63, 3.8) is 0 Å². The van der Waals surface area contributed by atoms with E-state index in [-0.39, 0.29) is 5.41 Å². The summed E-state index contributed by atoms with van der Waals surface area (Å²) in [7, 11) is 0. The van der Waals surface area contributed by atoms with E-state index >= 15 is 0 Å². The first kappa shape index (κ1) is 11.9. The van der Waals surface area contributed by atoms with Gasteiger partial charge in [0.05, 0.1) is 6.26 Å². The minimum absolute atomic E-state index is 0.133. The highest BCUT2D eigenvalue weighted by Gasteiger charge is 2.16. The maximum absolute atomic E-state index is 10.1. The van der Waals surface area contributed by atoms with Gasteiger partial charge in [-0.25, -0.2) is 0 Å². The van der Waals surface area contributed by atoms with Crippen molar-refractivity contribution in [3.8, 4) is 0 Å². The molecule has 2 rings (SSSR count). The zero-order valence-corrected chi connectivity index (χ0v) is 10.5. The number of rotatable bonds is 2. The number of furan rings is 1. The summed E-state index contributed by atoms with van der Waals surface area (Å²) < 4.78 is 5.20. The molecule has 0 aliphatic carbocycles. The highest BCUT2D eigenvalue weighted by Crippen LogP contribution is 2.26. The number of aliphatic hydroxyl groups excluding tert-OH is 1. The first-order valence-electron chi connectivity index (χ1n) is 5.80. The SMILES string of the molecule is CC(C)(C)c1ccc([C@@H](O)c2ccco2)cc1. The third-order valence-electron chi connectivity index (χ3n) is 2.91. The number of hydrogen-bond donors (Lipinski definition) is 1. The lowest BCUT2D eigenvalue weighted by Gasteiger charge is -2.19. The van der Waals surface area contributed by atoms with E-state index in [0.29, 0.717) is 5.76 Å². The second-order valence-electron chi connectivity index (χ2n) is 5.29. The summed E-state index contributed by atoms with van der Waals surface area (Å²) in [5.41, 5.74) is 2.24. The van der Waals surface area contributed by atoms with Crippen LogP contribution in [0.5, 0.6) is 0 Å². The van der Waals surface area contributed by atoms with Gasteiger partial charge in [0.25, 0.3) is 0 Å². The molecule has 0 amide bonds. The molecule has 90 valence electrons. The molecule has 2 nitrogen and oxygen atoms in total. The molecule has 1 aromatic carbocycles. The third kappa shape index (κ3) is 2.59. The predicted molar refractivity (Wildman–Crippen MR) is 67.9 cm³/mol. The molecule has 1 aromatic heterocycles. The quantitative estimate of drug-likeness (QED) is 0.854. The topological polar surface area (TPSA) is 33.4 Å². The lowest BCUT2D eigenvalue weighted by molar-refractivity contribution is 0.189. The van der Waals surface area contributed by atoms with E-state index in [9.17, 15) is 5.11 Å². The van der Waals surface area contributed by atoms with Crippen LogP contribution in [0.4, 0.5) is 0 Å². The van der Waals surface area contributed by atoms with Crippen LogP contribution in [0.2, 0.25) is 0 Å². The van der Waals surface area contributed by atoms with Crippen LogP contribution in [0.25, 0.3) is 0 Å². The van der Waals surface area contributed by atoms with Crippen LogP contribution in [0.15, 0.2) is 47.1 Å². The monoisotopic (exact) mass is 230 g/mol. The molecule has 2 heteroatoms. The van der Waals surface area contributed by atoms with Crippen molar-refractivity contribution in [1.29, 1.82) is 0 Å². The smallest absolute Gasteiger partial charge is 0.137 e.